The van der Waals surface area contributed by atoms with Gasteiger partial charge in [-0.15, -0.1) is 0 Å². The van der Waals surface area contributed by atoms with E-state index in [1.807, 2.05) is 0 Å². The van der Waals surface area contributed by atoms with Crippen molar-refractivity contribution in [3.63, 3.8) is 0 Å². The molecule has 0 aliphatic rings. The number of nitrogens with one attached hydrogen (secondary N) is 2. The Morgan fingerprint density at radius 3 is 2.71 bits per heavy atom. The van der Waals surface area contributed by atoms with Gasteiger partial charge in [-0.1, -0.05) is 16.8 Å². The number of aromatic nitrogens is 3. The highest BCUT2D eigenvalue weighted by molar-refractivity contribution is 6.30. The maximum Gasteiger partial charge on any atom is 0.234 e. The third kappa shape index (κ3) is 7.47. The molecule has 0 saturated carbocycles. The van der Waals surface area contributed by atoms with Crippen molar-refractivity contribution in [2.45, 2.75) is 18.8 Å². The minimum absolute atomic E-state index is 0.120. The number of hydrogen-bond donors (Lipinski definition) is 2. The van der Waals surface area contributed by atoms with Gasteiger partial charge in [0.25, 0.3) is 0 Å². The molecular formula is C23H27ClFN5O4. The lowest BCUT2D eigenvalue weighted by atomic mass is 10.1. The van der Waals surface area contributed by atoms with Gasteiger partial charge in [-0.25, -0.2) is 9.37 Å². The summed E-state index contributed by atoms with van der Waals surface area (Å²) in [5.74, 6) is -0.430. The topological polar surface area (TPSA) is 113 Å². The molecule has 0 radical (unpaired) electrons. The Morgan fingerprint density at radius 2 is 2.03 bits per heavy atom. The standard InChI is InChI=1S/C23H27ClFN5O4/c1-30(2)13-20(32)26-12-16(14-33-10-3-4-19(31)18-9-11-34-29-18)21-22(24)28-23(27-21)15-5-7-17(25)8-6-15/h5-9,11,16H,3-4,10,12-14H2,1-2H3,(H,26,32)(H,27,28). The van der Waals surface area contributed by atoms with Crippen LogP contribution in [0.5, 0.6) is 0 Å². The lowest BCUT2D eigenvalue weighted by molar-refractivity contribution is -0.121. The highest BCUT2D eigenvalue weighted by Gasteiger charge is 2.21. The van der Waals surface area contributed by atoms with Gasteiger partial charge >= 0.3 is 0 Å². The van der Waals surface area contributed by atoms with Gasteiger partial charge in [0.15, 0.2) is 10.9 Å². The Labute approximate surface area is 201 Å². The SMILES string of the molecule is CN(C)CC(=O)NCC(COCCCC(=O)c1ccon1)c1[nH]c(-c2ccc(F)cc2)nc1Cl. The predicted molar refractivity (Wildman–Crippen MR) is 124 cm³/mol. The van der Waals surface area contributed by atoms with Crippen LogP contribution in [0.25, 0.3) is 11.4 Å². The van der Waals surface area contributed by atoms with Gasteiger partial charge in [0.2, 0.25) is 5.91 Å². The van der Waals surface area contributed by atoms with Crippen LogP contribution in [0, 0.1) is 5.82 Å². The van der Waals surface area contributed by atoms with Crippen LogP contribution in [0.15, 0.2) is 41.1 Å². The van der Waals surface area contributed by atoms with E-state index in [0.29, 0.717) is 35.8 Å². The van der Waals surface area contributed by atoms with Crippen LogP contribution in [0.1, 0.15) is 34.9 Å². The van der Waals surface area contributed by atoms with Gasteiger partial charge in [0, 0.05) is 37.1 Å². The van der Waals surface area contributed by atoms with Crippen LogP contribution in [0.2, 0.25) is 5.15 Å². The molecule has 2 N–H and O–H groups in total. The number of likely N-dealkylation sites (N-methyl/N-ethyl adjacent to an activating group) is 1. The Kier molecular flexibility index (Phi) is 9.32. The number of halogens is 2. The Hall–Kier alpha value is -3.08. The van der Waals surface area contributed by atoms with Gasteiger partial charge < -0.3 is 24.5 Å². The van der Waals surface area contributed by atoms with Crippen LogP contribution < -0.4 is 5.32 Å². The van der Waals surface area contributed by atoms with Crippen molar-refractivity contribution in [3.8, 4) is 11.4 Å². The molecule has 0 saturated heterocycles. The first-order chi connectivity index (χ1) is 16.3. The fourth-order valence-corrected chi connectivity index (χ4v) is 3.54. The first-order valence-corrected chi connectivity index (χ1v) is 11.2. The molecule has 0 spiro atoms. The van der Waals surface area contributed by atoms with E-state index in [1.165, 1.54) is 24.5 Å². The molecule has 1 atom stereocenters. The molecule has 0 bridgehead atoms. The summed E-state index contributed by atoms with van der Waals surface area (Å²) in [4.78, 5) is 33.5. The van der Waals surface area contributed by atoms with E-state index < -0.39 is 0 Å². The number of aromatic amines is 1. The molecule has 1 amide bonds. The van der Waals surface area contributed by atoms with Gasteiger partial charge in [-0.2, -0.15) is 0 Å². The number of benzene rings is 1. The second kappa shape index (κ2) is 12.4. The summed E-state index contributed by atoms with van der Waals surface area (Å²) < 4.78 is 23.8. The van der Waals surface area contributed by atoms with Crippen LogP contribution in [-0.4, -0.2) is 72.1 Å². The summed E-state index contributed by atoms with van der Waals surface area (Å²) in [5.41, 5.74) is 1.57. The van der Waals surface area contributed by atoms with Crippen molar-refractivity contribution in [1.29, 1.82) is 0 Å². The lowest BCUT2D eigenvalue weighted by Gasteiger charge is -2.18. The number of H-pyrrole nitrogens is 1. The van der Waals surface area contributed by atoms with E-state index in [2.05, 4.69) is 25.0 Å². The minimum atomic E-state index is -0.349. The molecule has 0 aliphatic heterocycles. The fourth-order valence-electron chi connectivity index (χ4n) is 3.25. The minimum Gasteiger partial charge on any atom is -0.381 e. The molecule has 2 heterocycles. The average Bonchev–Trinajstić information content (AvgIpc) is 3.46. The van der Waals surface area contributed by atoms with E-state index in [1.54, 1.807) is 31.1 Å². The average molecular weight is 492 g/mol. The molecular weight excluding hydrogens is 465 g/mol. The number of hydrogen-bond acceptors (Lipinski definition) is 7. The summed E-state index contributed by atoms with van der Waals surface area (Å²) in [6.07, 6.45) is 2.13. The molecule has 0 fully saturated rings. The Balaban J connectivity index is 1.62. The third-order valence-electron chi connectivity index (χ3n) is 4.95. The van der Waals surface area contributed by atoms with Gasteiger partial charge in [0.1, 0.15) is 23.6 Å². The molecule has 3 rings (SSSR count). The molecule has 1 aromatic carbocycles. The van der Waals surface area contributed by atoms with Crippen LogP contribution in [-0.2, 0) is 9.53 Å². The zero-order valence-electron chi connectivity index (χ0n) is 19.0. The second-order valence-electron chi connectivity index (χ2n) is 8.02. The van der Waals surface area contributed by atoms with Crippen LogP contribution in [0.3, 0.4) is 0 Å². The van der Waals surface area contributed by atoms with E-state index in [4.69, 9.17) is 16.3 Å². The van der Waals surface area contributed by atoms with Crippen molar-refractivity contribution in [2.75, 3.05) is 40.4 Å². The highest BCUT2D eigenvalue weighted by atomic mass is 35.5. The predicted octanol–water partition coefficient (Wildman–Crippen LogP) is 3.30. The number of ketones is 1. The highest BCUT2D eigenvalue weighted by Crippen LogP contribution is 2.27. The third-order valence-corrected chi connectivity index (χ3v) is 5.24. The zero-order chi connectivity index (χ0) is 24.5. The zero-order valence-corrected chi connectivity index (χ0v) is 19.8. The molecule has 9 nitrogen and oxygen atoms in total. The number of carbonyl (C=O) groups excluding carboxylic acids is 2. The van der Waals surface area contributed by atoms with Crippen molar-refractivity contribution in [2.24, 2.45) is 0 Å². The maximum atomic E-state index is 13.3. The number of nitrogens with zero attached hydrogens (tertiary/aromatic N) is 3. The first kappa shape index (κ1) is 25.5. The molecule has 182 valence electrons. The number of ether oxygens (including phenoxy) is 1. The fraction of sp³-hybridized carbons (Fsp3) is 0.391. The lowest BCUT2D eigenvalue weighted by Crippen LogP contribution is -2.36. The van der Waals surface area contributed by atoms with E-state index in [0.717, 1.165) is 0 Å². The van der Waals surface area contributed by atoms with Gasteiger partial charge in [-0.05, 0) is 44.8 Å². The normalized spacial score (nSPS) is 12.1. The largest absolute Gasteiger partial charge is 0.381 e. The summed E-state index contributed by atoms with van der Waals surface area (Å²) in [7, 11) is 3.61. The molecule has 0 aliphatic carbocycles. The second-order valence-corrected chi connectivity index (χ2v) is 8.38. The monoisotopic (exact) mass is 491 g/mol. The molecule has 11 heteroatoms. The number of carbonyl (C=O) groups is 2. The van der Waals surface area contributed by atoms with E-state index in [-0.39, 0.29) is 54.7 Å². The van der Waals surface area contributed by atoms with Crippen LogP contribution in [0.4, 0.5) is 4.39 Å². The van der Waals surface area contributed by atoms with Crippen molar-refractivity contribution in [3.05, 3.63) is 59.0 Å². The summed E-state index contributed by atoms with van der Waals surface area (Å²) in [5, 5.41) is 6.76. The number of amides is 1. The van der Waals surface area contributed by atoms with Crippen LogP contribution >= 0.6 is 11.6 Å². The number of Topliss-reactive ketones (excluding diaryl/α,β-unsaturated/α-hetero) is 1. The summed E-state index contributed by atoms with van der Waals surface area (Å²) >= 11 is 6.41. The molecule has 3 aromatic rings. The maximum absolute atomic E-state index is 13.3. The van der Waals surface area contributed by atoms with E-state index in [9.17, 15) is 14.0 Å². The molecule has 34 heavy (non-hydrogen) atoms. The number of rotatable bonds is 13. The summed E-state index contributed by atoms with van der Waals surface area (Å²) in [6.45, 7) is 1.10. The first-order valence-electron chi connectivity index (χ1n) is 10.8. The van der Waals surface area contributed by atoms with Crippen molar-refractivity contribution >= 4 is 23.3 Å². The molecule has 1 unspecified atom stereocenters. The van der Waals surface area contributed by atoms with E-state index >= 15 is 0 Å². The van der Waals surface area contributed by atoms with Crippen molar-refractivity contribution in [1.82, 2.24) is 25.3 Å². The molecule has 2 aromatic heterocycles. The Morgan fingerprint density at radius 1 is 1.26 bits per heavy atom. The Bertz CT molecular complexity index is 1070. The van der Waals surface area contributed by atoms with Crippen molar-refractivity contribution < 1.29 is 23.2 Å². The van der Waals surface area contributed by atoms with Gasteiger partial charge in [0.05, 0.1) is 18.8 Å². The van der Waals surface area contributed by atoms with Gasteiger partial charge in [-0.3, -0.25) is 9.59 Å². The summed E-state index contributed by atoms with van der Waals surface area (Å²) in [6, 6.07) is 7.41. The quantitative estimate of drug-likeness (QED) is 0.278. The smallest absolute Gasteiger partial charge is 0.234 e. The number of imidazole rings is 1.